The van der Waals surface area contributed by atoms with Gasteiger partial charge in [0.1, 0.15) is 5.75 Å². The largest absolute Gasteiger partial charge is 0.497 e. The summed E-state index contributed by atoms with van der Waals surface area (Å²) in [6.45, 7) is 1.94. The van der Waals surface area contributed by atoms with Crippen molar-refractivity contribution in [1.82, 2.24) is 4.98 Å². The number of aryl methyl sites for hydroxylation is 1. The van der Waals surface area contributed by atoms with Gasteiger partial charge in [0.25, 0.3) is 0 Å². The van der Waals surface area contributed by atoms with Gasteiger partial charge in [-0.05, 0) is 67.3 Å². The fraction of sp³-hybridized carbons (Fsp3) is 0.250. The Labute approximate surface area is 151 Å². The fourth-order valence-electron chi connectivity index (χ4n) is 3.38. The van der Waals surface area contributed by atoms with Crippen LogP contribution >= 0.6 is 11.6 Å². The van der Waals surface area contributed by atoms with E-state index in [2.05, 4.69) is 10.3 Å². The van der Waals surface area contributed by atoms with Crippen molar-refractivity contribution in [2.24, 2.45) is 0 Å². The van der Waals surface area contributed by atoms with Crippen LogP contribution in [0.5, 0.6) is 5.75 Å². The molecule has 1 aliphatic rings. The Balaban J connectivity index is 1.69. The lowest BCUT2D eigenvalue weighted by Crippen LogP contribution is -2.28. The first-order valence-electron chi connectivity index (χ1n) is 8.27. The lowest BCUT2D eigenvalue weighted by atomic mass is 9.94. The van der Waals surface area contributed by atoms with Crippen molar-refractivity contribution in [2.45, 2.75) is 25.2 Å². The predicted molar refractivity (Wildman–Crippen MR) is 101 cm³/mol. The Kier molecular flexibility index (Phi) is 3.73. The number of ether oxygens (including phenoxy) is 1. The summed E-state index contributed by atoms with van der Waals surface area (Å²) in [7, 11) is 1.65. The molecule has 1 amide bonds. The SMILES string of the molecule is COc1ccc2[nH]cc(C3(C(=O)Nc4ccc(Cl)cc4C)CC3)c2c1. The first-order chi connectivity index (χ1) is 12.0. The molecule has 1 aliphatic carbocycles. The molecule has 3 aromatic rings. The summed E-state index contributed by atoms with van der Waals surface area (Å²) in [5, 5.41) is 4.79. The van der Waals surface area contributed by atoms with Gasteiger partial charge < -0.3 is 15.0 Å². The van der Waals surface area contributed by atoms with Crippen molar-refractivity contribution < 1.29 is 9.53 Å². The molecule has 0 aliphatic heterocycles. The molecule has 0 radical (unpaired) electrons. The normalized spacial score (nSPS) is 15.2. The number of carbonyl (C=O) groups excluding carboxylic acids is 1. The molecule has 1 heterocycles. The van der Waals surface area contributed by atoms with Crippen LogP contribution in [0.4, 0.5) is 5.69 Å². The van der Waals surface area contributed by atoms with Gasteiger partial charge in [-0.15, -0.1) is 0 Å². The summed E-state index contributed by atoms with van der Waals surface area (Å²) >= 11 is 6.00. The molecule has 1 saturated carbocycles. The van der Waals surface area contributed by atoms with Crippen molar-refractivity contribution in [3.05, 3.63) is 58.7 Å². The maximum Gasteiger partial charge on any atom is 0.235 e. The highest BCUT2D eigenvalue weighted by molar-refractivity contribution is 6.30. The Bertz CT molecular complexity index is 973. The van der Waals surface area contributed by atoms with Gasteiger partial charge in [-0.3, -0.25) is 4.79 Å². The Morgan fingerprint density at radius 1 is 1.24 bits per heavy atom. The number of methoxy groups -OCH3 is 1. The third kappa shape index (κ3) is 2.67. The number of carbonyl (C=O) groups is 1. The second kappa shape index (κ2) is 5.81. The molecule has 2 N–H and O–H groups in total. The topological polar surface area (TPSA) is 54.1 Å². The summed E-state index contributed by atoms with van der Waals surface area (Å²) in [6, 6.07) is 11.4. The number of halogens is 1. The first kappa shape index (κ1) is 16.0. The lowest BCUT2D eigenvalue weighted by molar-refractivity contribution is -0.118. The maximum absolute atomic E-state index is 13.0. The van der Waals surface area contributed by atoms with E-state index in [1.807, 2.05) is 43.5 Å². The van der Waals surface area contributed by atoms with Crippen LogP contribution in [0.2, 0.25) is 5.02 Å². The van der Waals surface area contributed by atoms with Crippen LogP contribution in [0.15, 0.2) is 42.6 Å². The zero-order chi connectivity index (χ0) is 17.6. The number of nitrogens with one attached hydrogen (secondary N) is 2. The van der Waals surface area contributed by atoms with E-state index in [4.69, 9.17) is 16.3 Å². The number of hydrogen-bond acceptors (Lipinski definition) is 2. The second-order valence-corrected chi connectivity index (χ2v) is 7.05. The molecule has 4 nitrogen and oxygen atoms in total. The molecule has 128 valence electrons. The minimum Gasteiger partial charge on any atom is -0.497 e. The smallest absolute Gasteiger partial charge is 0.235 e. The van der Waals surface area contributed by atoms with Crippen LogP contribution in [-0.4, -0.2) is 18.0 Å². The van der Waals surface area contributed by atoms with Crippen LogP contribution < -0.4 is 10.1 Å². The van der Waals surface area contributed by atoms with Crippen molar-refractivity contribution in [1.29, 1.82) is 0 Å². The van der Waals surface area contributed by atoms with E-state index >= 15 is 0 Å². The van der Waals surface area contributed by atoms with Crippen molar-refractivity contribution in [3.63, 3.8) is 0 Å². The average Bonchev–Trinajstić information content (AvgIpc) is 3.30. The van der Waals surface area contributed by atoms with E-state index in [0.717, 1.165) is 46.3 Å². The van der Waals surface area contributed by atoms with Crippen LogP contribution in [0.1, 0.15) is 24.0 Å². The summed E-state index contributed by atoms with van der Waals surface area (Å²) in [5.74, 6) is 0.819. The summed E-state index contributed by atoms with van der Waals surface area (Å²) in [6.07, 6.45) is 3.64. The van der Waals surface area contributed by atoms with E-state index in [1.165, 1.54) is 0 Å². The molecule has 0 bridgehead atoms. The Morgan fingerprint density at radius 2 is 2.04 bits per heavy atom. The average molecular weight is 355 g/mol. The summed E-state index contributed by atoms with van der Waals surface area (Å²) in [4.78, 5) is 16.3. The van der Waals surface area contributed by atoms with E-state index in [1.54, 1.807) is 13.2 Å². The van der Waals surface area contributed by atoms with E-state index in [0.29, 0.717) is 5.02 Å². The Morgan fingerprint density at radius 3 is 2.72 bits per heavy atom. The third-order valence-corrected chi connectivity index (χ3v) is 5.26. The van der Waals surface area contributed by atoms with Crippen molar-refractivity contribution in [3.8, 4) is 5.75 Å². The van der Waals surface area contributed by atoms with Gasteiger partial charge >= 0.3 is 0 Å². The molecule has 5 heteroatoms. The number of hydrogen-bond donors (Lipinski definition) is 2. The van der Waals surface area contributed by atoms with Gasteiger partial charge in [-0.25, -0.2) is 0 Å². The highest BCUT2D eigenvalue weighted by Crippen LogP contribution is 2.51. The number of anilines is 1. The second-order valence-electron chi connectivity index (χ2n) is 6.61. The molecular weight excluding hydrogens is 336 g/mol. The Hall–Kier alpha value is -2.46. The number of rotatable bonds is 4. The minimum atomic E-state index is -0.476. The van der Waals surface area contributed by atoms with E-state index in [-0.39, 0.29) is 5.91 Å². The molecular formula is C20H19ClN2O2. The van der Waals surface area contributed by atoms with Gasteiger partial charge in [0.05, 0.1) is 12.5 Å². The van der Waals surface area contributed by atoms with E-state index in [9.17, 15) is 4.79 Å². The predicted octanol–water partition coefficient (Wildman–Crippen LogP) is 4.81. The fourth-order valence-corrected chi connectivity index (χ4v) is 3.60. The lowest BCUT2D eigenvalue weighted by Gasteiger charge is -2.16. The highest BCUT2D eigenvalue weighted by atomic mass is 35.5. The summed E-state index contributed by atoms with van der Waals surface area (Å²) in [5.41, 5.74) is 3.33. The molecule has 0 saturated heterocycles. The van der Waals surface area contributed by atoms with Crippen molar-refractivity contribution in [2.75, 3.05) is 12.4 Å². The number of aromatic nitrogens is 1. The maximum atomic E-state index is 13.0. The molecule has 4 rings (SSSR count). The number of aromatic amines is 1. The van der Waals surface area contributed by atoms with Crippen LogP contribution in [0.25, 0.3) is 10.9 Å². The minimum absolute atomic E-state index is 0.0293. The standard InChI is InChI=1S/C20H19ClN2O2/c1-12-9-13(21)3-5-17(12)23-19(24)20(7-8-20)16-11-22-18-6-4-14(25-2)10-15(16)18/h3-6,9-11,22H,7-8H2,1-2H3,(H,23,24). The van der Waals surface area contributed by atoms with Gasteiger partial charge in [0.2, 0.25) is 5.91 Å². The van der Waals surface area contributed by atoms with Crippen LogP contribution in [-0.2, 0) is 10.2 Å². The number of fused-ring (bicyclic) bond motifs is 1. The molecule has 2 aromatic carbocycles. The number of amides is 1. The zero-order valence-electron chi connectivity index (χ0n) is 14.2. The monoisotopic (exact) mass is 354 g/mol. The molecule has 0 unspecified atom stereocenters. The van der Waals surface area contributed by atoms with Gasteiger partial charge in [0.15, 0.2) is 0 Å². The van der Waals surface area contributed by atoms with E-state index < -0.39 is 5.41 Å². The van der Waals surface area contributed by atoms with Gasteiger partial charge in [0, 0.05) is 27.8 Å². The van der Waals surface area contributed by atoms with Crippen molar-refractivity contribution >= 4 is 34.1 Å². The molecule has 0 atom stereocenters. The molecule has 1 aromatic heterocycles. The number of benzene rings is 2. The molecule has 0 spiro atoms. The molecule has 25 heavy (non-hydrogen) atoms. The van der Waals surface area contributed by atoms with Crippen LogP contribution in [0, 0.1) is 6.92 Å². The zero-order valence-corrected chi connectivity index (χ0v) is 14.9. The van der Waals surface area contributed by atoms with Gasteiger partial charge in [-0.1, -0.05) is 11.6 Å². The quantitative estimate of drug-likeness (QED) is 0.706. The first-order valence-corrected chi connectivity index (χ1v) is 8.64. The van der Waals surface area contributed by atoms with Crippen LogP contribution in [0.3, 0.4) is 0 Å². The summed E-state index contributed by atoms with van der Waals surface area (Å²) < 4.78 is 5.34. The third-order valence-electron chi connectivity index (χ3n) is 5.03. The highest BCUT2D eigenvalue weighted by Gasteiger charge is 2.52. The van der Waals surface area contributed by atoms with Gasteiger partial charge in [-0.2, -0.15) is 0 Å². The number of H-pyrrole nitrogens is 1. The molecule has 1 fully saturated rings.